The van der Waals surface area contributed by atoms with Gasteiger partial charge >= 0.3 is 0 Å². The molecule has 2 aromatic rings. The molecule has 0 aliphatic heterocycles. The predicted octanol–water partition coefficient (Wildman–Crippen LogP) is 0.987. The second-order valence-corrected chi connectivity index (χ2v) is 3.11. The number of hydrogen-bond donors (Lipinski definition) is 0. The van der Waals surface area contributed by atoms with Crippen molar-refractivity contribution >= 4 is 0 Å². The Labute approximate surface area is 80.6 Å². The molecular weight excluding hydrogens is 182 g/mol. The van der Waals surface area contributed by atoms with Crippen LogP contribution in [0.15, 0.2) is 23.0 Å². The first-order valence-corrected chi connectivity index (χ1v) is 4.16. The van der Waals surface area contributed by atoms with Crippen LogP contribution in [-0.2, 0) is 0 Å². The first-order chi connectivity index (χ1) is 6.65. The Bertz CT molecular complexity index is 445. The molecule has 0 aromatic carbocycles. The third-order valence-electron chi connectivity index (χ3n) is 1.75. The molecule has 2 heterocycles. The minimum atomic E-state index is 0.371. The first kappa shape index (κ1) is 8.68. The van der Waals surface area contributed by atoms with E-state index in [4.69, 9.17) is 4.52 Å². The van der Waals surface area contributed by atoms with Crippen molar-refractivity contribution in [3.8, 4) is 11.5 Å². The minimum Gasteiger partial charge on any atom is -0.619 e. The summed E-state index contributed by atoms with van der Waals surface area (Å²) in [6.07, 6.45) is 2.88. The van der Waals surface area contributed by atoms with Gasteiger partial charge in [-0.2, -0.15) is 9.71 Å². The second-order valence-electron chi connectivity index (χ2n) is 3.11. The summed E-state index contributed by atoms with van der Waals surface area (Å²) >= 11 is 0. The number of pyridine rings is 1. The normalized spacial score (nSPS) is 10.4. The van der Waals surface area contributed by atoms with Crippen LogP contribution in [0.4, 0.5) is 0 Å². The maximum absolute atomic E-state index is 11.1. The van der Waals surface area contributed by atoms with Crippen LogP contribution in [0.25, 0.3) is 11.5 Å². The fourth-order valence-electron chi connectivity index (χ4n) is 1.23. The van der Waals surface area contributed by atoms with Gasteiger partial charge in [-0.25, -0.2) is 0 Å². The Hall–Kier alpha value is -1.91. The number of hydrogen-bond acceptors (Lipinski definition) is 4. The highest BCUT2D eigenvalue weighted by Gasteiger charge is 2.09. The summed E-state index contributed by atoms with van der Waals surface area (Å²) in [5.41, 5.74) is 1.49. The van der Waals surface area contributed by atoms with Crippen molar-refractivity contribution in [1.82, 2.24) is 10.1 Å². The van der Waals surface area contributed by atoms with Gasteiger partial charge in [0.05, 0.1) is 0 Å². The van der Waals surface area contributed by atoms with Crippen molar-refractivity contribution in [2.45, 2.75) is 13.8 Å². The van der Waals surface area contributed by atoms with Crippen molar-refractivity contribution in [3.05, 3.63) is 35.1 Å². The largest absolute Gasteiger partial charge is 0.619 e. The van der Waals surface area contributed by atoms with E-state index in [-0.39, 0.29) is 0 Å². The molecule has 0 bridgehead atoms. The van der Waals surface area contributed by atoms with Gasteiger partial charge in [-0.05, 0) is 19.9 Å². The Morgan fingerprint density at radius 2 is 2.14 bits per heavy atom. The molecule has 0 radical (unpaired) electrons. The molecule has 0 aliphatic carbocycles. The van der Waals surface area contributed by atoms with Crippen molar-refractivity contribution in [1.29, 1.82) is 0 Å². The number of aromatic nitrogens is 3. The van der Waals surface area contributed by atoms with Gasteiger partial charge in [0.2, 0.25) is 0 Å². The van der Waals surface area contributed by atoms with Gasteiger partial charge in [0.15, 0.2) is 18.2 Å². The second kappa shape index (κ2) is 3.10. The zero-order valence-electron chi connectivity index (χ0n) is 7.89. The minimum absolute atomic E-state index is 0.371. The zero-order valence-corrected chi connectivity index (χ0v) is 7.89. The molecule has 0 aliphatic rings. The maximum Gasteiger partial charge on any atom is 0.264 e. The molecule has 0 N–H and O–H groups in total. The molecule has 0 unspecified atom stereocenters. The van der Waals surface area contributed by atoms with Gasteiger partial charge < -0.3 is 9.73 Å². The Kier molecular flexibility index (Phi) is 1.92. The summed E-state index contributed by atoms with van der Waals surface area (Å²) in [5.74, 6) is 0.926. The summed E-state index contributed by atoms with van der Waals surface area (Å²) in [6, 6.07) is 1.82. The molecule has 2 rings (SSSR count). The summed E-state index contributed by atoms with van der Waals surface area (Å²) in [4.78, 5) is 4.03. The van der Waals surface area contributed by atoms with Gasteiger partial charge in [-0.15, -0.1) is 0 Å². The quantitative estimate of drug-likeness (QED) is 0.498. The van der Waals surface area contributed by atoms with Gasteiger partial charge in [0, 0.05) is 5.56 Å². The van der Waals surface area contributed by atoms with Crippen molar-refractivity contribution in [2.24, 2.45) is 0 Å². The average Bonchev–Trinajstić information content (AvgIpc) is 2.50. The molecule has 0 saturated carbocycles. The van der Waals surface area contributed by atoms with Crippen LogP contribution in [0.5, 0.6) is 0 Å². The third kappa shape index (κ3) is 1.56. The molecular formula is C9H9N3O2. The topological polar surface area (TPSA) is 65.9 Å². The predicted molar refractivity (Wildman–Crippen MR) is 48.2 cm³/mol. The number of rotatable bonds is 1. The van der Waals surface area contributed by atoms with Crippen LogP contribution in [0.2, 0.25) is 0 Å². The molecule has 5 nitrogen and oxygen atoms in total. The van der Waals surface area contributed by atoms with E-state index in [1.807, 2.05) is 13.0 Å². The standard InChI is InChI=1S/C9H9N3O2/c1-6-3-8(5-12(13)4-6)9-10-7(2)11-14-9/h3-5H,1-2H3. The number of nitrogens with zero attached hydrogens (tertiary/aromatic N) is 3. The Morgan fingerprint density at radius 3 is 2.71 bits per heavy atom. The summed E-state index contributed by atoms with van der Waals surface area (Å²) < 4.78 is 5.67. The third-order valence-corrected chi connectivity index (χ3v) is 1.75. The van der Waals surface area contributed by atoms with Crippen LogP contribution in [0, 0.1) is 19.1 Å². The lowest BCUT2D eigenvalue weighted by Gasteiger charge is -1.98. The van der Waals surface area contributed by atoms with Crippen LogP contribution in [-0.4, -0.2) is 10.1 Å². The number of aryl methyl sites for hydroxylation is 2. The Morgan fingerprint density at radius 1 is 1.36 bits per heavy atom. The fourth-order valence-corrected chi connectivity index (χ4v) is 1.23. The molecule has 2 aromatic heterocycles. The smallest absolute Gasteiger partial charge is 0.264 e. The van der Waals surface area contributed by atoms with E-state index in [1.54, 1.807) is 6.92 Å². The van der Waals surface area contributed by atoms with Crippen LogP contribution >= 0.6 is 0 Å². The summed E-state index contributed by atoms with van der Waals surface area (Å²) in [7, 11) is 0. The summed E-state index contributed by atoms with van der Waals surface area (Å²) in [5, 5.41) is 14.8. The lowest BCUT2D eigenvalue weighted by molar-refractivity contribution is -0.605. The van der Waals surface area contributed by atoms with Crippen molar-refractivity contribution in [3.63, 3.8) is 0 Å². The fraction of sp³-hybridized carbons (Fsp3) is 0.222. The monoisotopic (exact) mass is 191 g/mol. The Balaban J connectivity index is 2.51. The van der Waals surface area contributed by atoms with Crippen LogP contribution < -0.4 is 4.73 Å². The van der Waals surface area contributed by atoms with Gasteiger partial charge in [0.1, 0.15) is 5.56 Å². The molecule has 5 heteroatoms. The zero-order chi connectivity index (χ0) is 10.1. The van der Waals surface area contributed by atoms with E-state index in [0.717, 1.165) is 10.3 Å². The average molecular weight is 191 g/mol. The van der Waals surface area contributed by atoms with Gasteiger partial charge in [-0.3, -0.25) is 0 Å². The lowest BCUT2D eigenvalue weighted by atomic mass is 10.2. The SMILES string of the molecule is Cc1cc(-c2nc(C)no2)c[n+]([O-])c1. The van der Waals surface area contributed by atoms with Gasteiger partial charge in [0.25, 0.3) is 5.89 Å². The highest BCUT2D eigenvalue weighted by molar-refractivity contribution is 5.50. The molecule has 72 valence electrons. The van der Waals surface area contributed by atoms with Crippen LogP contribution in [0.3, 0.4) is 0 Å². The molecule has 0 atom stereocenters. The van der Waals surface area contributed by atoms with E-state index in [0.29, 0.717) is 17.3 Å². The highest BCUT2D eigenvalue weighted by atomic mass is 16.5. The molecule has 0 amide bonds. The van der Waals surface area contributed by atoms with Crippen molar-refractivity contribution < 1.29 is 9.25 Å². The van der Waals surface area contributed by atoms with E-state index in [1.165, 1.54) is 12.4 Å². The highest BCUT2D eigenvalue weighted by Crippen LogP contribution is 2.15. The van der Waals surface area contributed by atoms with Crippen molar-refractivity contribution in [2.75, 3.05) is 0 Å². The van der Waals surface area contributed by atoms with Gasteiger partial charge in [-0.1, -0.05) is 5.16 Å². The van der Waals surface area contributed by atoms with E-state index in [9.17, 15) is 5.21 Å². The van der Waals surface area contributed by atoms with Crippen LogP contribution in [0.1, 0.15) is 11.4 Å². The molecule has 0 spiro atoms. The lowest BCUT2D eigenvalue weighted by Crippen LogP contribution is -2.25. The van der Waals surface area contributed by atoms with E-state index in [2.05, 4.69) is 10.1 Å². The first-order valence-electron chi connectivity index (χ1n) is 4.16. The molecule has 14 heavy (non-hydrogen) atoms. The van der Waals surface area contributed by atoms with E-state index < -0.39 is 0 Å². The summed E-state index contributed by atoms with van der Waals surface area (Å²) in [6.45, 7) is 3.56. The van der Waals surface area contributed by atoms with E-state index >= 15 is 0 Å². The maximum atomic E-state index is 11.1. The molecule has 0 saturated heterocycles. The molecule has 0 fully saturated rings.